The van der Waals surface area contributed by atoms with Crippen molar-refractivity contribution in [1.82, 2.24) is 4.72 Å². The number of hydrogen-bond donors (Lipinski definition) is 1. The number of nitrogens with one attached hydrogen (secondary N) is 1. The molecule has 10 heteroatoms. The predicted molar refractivity (Wildman–Crippen MR) is 68.3 cm³/mol. The molecule has 1 rings (SSSR count). The van der Waals surface area contributed by atoms with E-state index in [4.69, 9.17) is 11.6 Å². The van der Waals surface area contributed by atoms with E-state index >= 15 is 0 Å². The van der Waals surface area contributed by atoms with E-state index < -0.39 is 43.7 Å². The average molecular weight is 346 g/mol. The number of benzene rings is 1. The molecule has 1 aromatic carbocycles. The van der Waals surface area contributed by atoms with Crippen LogP contribution in [0, 0.1) is 0 Å². The van der Waals surface area contributed by atoms with E-state index in [1.165, 1.54) is 6.92 Å². The molecule has 0 aromatic heterocycles. The zero-order valence-electron chi connectivity index (χ0n) is 10.9. The quantitative estimate of drug-likeness (QED) is 0.849. The van der Waals surface area contributed by atoms with Crippen molar-refractivity contribution in [2.24, 2.45) is 0 Å². The van der Waals surface area contributed by atoms with Crippen molar-refractivity contribution in [3.05, 3.63) is 28.8 Å². The molecular formula is C11H11ClF3NO4S. The van der Waals surface area contributed by atoms with Crippen molar-refractivity contribution in [1.29, 1.82) is 0 Å². The monoisotopic (exact) mass is 345 g/mol. The summed E-state index contributed by atoms with van der Waals surface area (Å²) in [7, 11) is -3.36. The number of methoxy groups -OCH3 is 1. The molecular weight excluding hydrogens is 335 g/mol. The van der Waals surface area contributed by atoms with Gasteiger partial charge in [-0.2, -0.15) is 17.9 Å². The first-order chi connectivity index (χ1) is 9.49. The summed E-state index contributed by atoms with van der Waals surface area (Å²) in [5, 5.41) is -0.396. The molecule has 1 N–H and O–H groups in total. The van der Waals surface area contributed by atoms with Gasteiger partial charge in [-0.15, -0.1) is 0 Å². The summed E-state index contributed by atoms with van der Waals surface area (Å²) in [6.07, 6.45) is -4.72. The number of rotatable bonds is 4. The van der Waals surface area contributed by atoms with E-state index in [-0.39, 0.29) is 0 Å². The molecule has 1 unspecified atom stereocenters. The first-order valence-electron chi connectivity index (χ1n) is 5.46. The van der Waals surface area contributed by atoms with E-state index in [0.717, 1.165) is 13.2 Å². The maximum atomic E-state index is 12.6. The van der Waals surface area contributed by atoms with Gasteiger partial charge in [-0.25, -0.2) is 8.42 Å². The highest BCUT2D eigenvalue weighted by molar-refractivity contribution is 7.89. The van der Waals surface area contributed by atoms with Gasteiger partial charge in [0.05, 0.1) is 17.7 Å². The number of ether oxygens (including phenoxy) is 1. The smallest absolute Gasteiger partial charge is 0.416 e. The molecule has 1 atom stereocenters. The molecule has 0 spiro atoms. The van der Waals surface area contributed by atoms with Gasteiger partial charge in [-0.1, -0.05) is 11.6 Å². The molecule has 0 saturated heterocycles. The molecule has 0 saturated carbocycles. The van der Waals surface area contributed by atoms with Crippen LogP contribution in [0.4, 0.5) is 13.2 Å². The molecule has 0 aliphatic heterocycles. The van der Waals surface area contributed by atoms with Gasteiger partial charge >= 0.3 is 12.1 Å². The van der Waals surface area contributed by atoms with Crippen LogP contribution in [0.5, 0.6) is 0 Å². The Morgan fingerprint density at radius 3 is 2.43 bits per heavy atom. The minimum Gasteiger partial charge on any atom is -0.468 e. The molecule has 0 aliphatic carbocycles. The fourth-order valence-electron chi connectivity index (χ4n) is 1.41. The van der Waals surface area contributed by atoms with Crippen LogP contribution in [0.2, 0.25) is 5.02 Å². The summed E-state index contributed by atoms with van der Waals surface area (Å²) in [4.78, 5) is 10.4. The Bertz CT molecular complexity index is 645. The van der Waals surface area contributed by atoms with Gasteiger partial charge in [0.25, 0.3) is 0 Å². The van der Waals surface area contributed by atoms with Gasteiger partial charge in [0, 0.05) is 0 Å². The third-order valence-corrected chi connectivity index (χ3v) is 4.46. The topological polar surface area (TPSA) is 72.5 Å². The summed E-state index contributed by atoms with van der Waals surface area (Å²) < 4.78 is 68.0. The third kappa shape index (κ3) is 4.32. The molecule has 118 valence electrons. The zero-order valence-corrected chi connectivity index (χ0v) is 12.4. The van der Waals surface area contributed by atoms with Crippen LogP contribution in [0.3, 0.4) is 0 Å². The normalized spacial score (nSPS) is 13.8. The highest BCUT2D eigenvalue weighted by atomic mass is 35.5. The second-order valence-electron chi connectivity index (χ2n) is 4.01. The van der Waals surface area contributed by atoms with Gasteiger partial charge in [0.15, 0.2) is 0 Å². The Hall–Kier alpha value is -1.32. The number of alkyl halides is 3. The van der Waals surface area contributed by atoms with Gasteiger partial charge in [0.2, 0.25) is 10.0 Å². The lowest BCUT2D eigenvalue weighted by Crippen LogP contribution is -2.39. The van der Waals surface area contributed by atoms with Crippen LogP contribution < -0.4 is 4.72 Å². The number of halogens is 4. The Balaban J connectivity index is 3.22. The van der Waals surface area contributed by atoms with Crippen molar-refractivity contribution in [2.45, 2.75) is 24.0 Å². The van der Waals surface area contributed by atoms with Crippen LogP contribution in [-0.4, -0.2) is 27.5 Å². The maximum absolute atomic E-state index is 12.6. The van der Waals surface area contributed by atoms with Gasteiger partial charge < -0.3 is 4.74 Å². The lowest BCUT2D eigenvalue weighted by Gasteiger charge is -2.14. The van der Waals surface area contributed by atoms with Gasteiger partial charge in [-0.3, -0.25) is 4.79 Å². The number of sulfonamides is 1. The van der Waals surface area contributed by atoms with E-state index in [0.29, 0.717) is 12.1 Å². The Morgan fingerprint density at radius 1 is 1.38 bits per heavy atom. The van der Waals surface area contributed by atoms with Crippen LogP contribution in [0.15, 0.2) is 23.1 Å². The molecule has 0 aliphatic rings. The first kappa shape index (κ1) is 17.7. The Labute approximate surface area is 124 Å². The number of carbonyl (C=O) groups excluding carboxylic acids is 1. The van der Waals surface area contributed by atoms with Crippen LogP contribution in [-0.2, 0) is 25.7 Å². The fraction of sp³-hybridized carbons (Fsp3) is 0.364. The summed E-state index contributed by atoms with van der Waals surface area (Å²) in [5.41, 5.74) is -1.17. The fourth-order valence-corrected chi connectivity index (χ4v) is 3.12. The van der Waals surface area contributed by atoms with Crippen molar-refractivity contribution >= 4 is 27.6 Å². The molecule has 1 aromatic rings. The lowest BCUT2D eigenvalue weighted by molar-refractivity contribution is -0.142. The molecule has 0 bridgehead atoms. The van der Waals surface area contributed by atoms with E-state index in [2.05, 4.69) is 4.74 Å². The SMILES string of the molecule is COC(=O)C(C)NS(=O)(=O)c1cc(C(F)(F)F)ccc1Cl. The van der Waals surface area contributed by atoms with Crippen LogP contribution in [0.25, 0.3) is 0 Å². The number of carbonyl (C=O) groups is 1. The van der Waals surface area contributed by atoms with Gasteiger partial charge in [-0.05, 0) is 25.1 Å². The summed E-state index contributed by atoms with van der Waals surface area (Å²) in [6, 6.07) is 0.604. The zero-order chi connectivity index (χ0) is 16.4. The highest BCUT2D eigenvalue weighted by Crippen LogP contribution is 2.33. The average Bonchev–Trinajstić information content (AvgIpc) is 2.35. The lowest BCUT2D eigenvalue weighted by atomic mass is 10.2. The molecule has 5 nitrogen and oxygen atoms in total. The number of esters is 1. The van der Waals surface area contributed by atoms with E-state index in [1.807, 2.05) is 4.72 Å². The minimum absolute atomic E-state index is 0.396. The largest absolute Gasteiger partial charge is 0.468 e. The molecule has 0 heterocycles. The molecule has 0 radical (unpaired) electrons. The second kappa shape index (κ2) is 6.20. The third-order valence-electron chi connectivity index (χ3n) is 2.43. The Kier molecular flexibility index (Phi) is 5.24. The Morgan fingerprint density at radius 2 is 1.95 bits per heavy atom. The molecule has 0 fully saturated rings. The summed E-state index contributed by atoms with van der Waals surface area (Å²) >= 11 is 5.63. The molecule has 0 amide bonds. The van der Waals surface area contributed by atoms with Crippen molar-refractivity contribution in [3.8, 4) is 0 Å². The summed E-state index contributed by atoms with van der Waals surface area (Å²) in [5.74, 6) is -0.887. The van der Waals surface area contributed by atoms with Crippen molar-refractivity contribution in [2.75, 3.05) is 7.11 Å². The minimum atomic E-state index is -4.72. The number of hydrogen-bond acceptors (Lipinski definition) is 4. The van der Waals surface area contributed by atoms with E-state index in [9.17, 15) is 26.4 Å². The van der Waals surface area contributed by atoms with E-state index in [1.54, 1.807) is 0 Å². The first-order valence-corrected chi connectivity index (χ1v) is 7.32. The second-order valence-corrected chi connectivity index (χ2v) is 6.10. The molecule has 21 heavy (non-hydrogen) atoms. The van der Waals surface area contributed by atoms with Gasteiger partial charge in [0.1, 0.15) is 10.9 Å². The standard InChI is InChI=1S/C11H11ClF3NO4S/c1-6(10(17)20-2)16-21(18,19)9-5-7(11(13,14)15)3-4-8(9)12/h3-6,16H,1-2H3. The highest BCUT2D eigenvalue weighted by Gasteiger charge is 2.33. The maximum Gasteiger partial charge on any atom is 0.416 e. The summed E-state index contributed by atoms with van der Waals surface area (Å²) in [6.45, 7) is 1.19. The van der Waals surface area contributed by atoms with Crippen molar-refractivity contribution in [3.63, 3.8) is 0 Å². The van der Waals surface area contributed by atoms with Crippen molar-refractivity contribution < 1.29 is 31.1 Å². The van der Waals surface area contributed by atoms with Crippen LogP contribution >= 0.6 is 11.6 Å². The predicted octanol–water partition coefficient (Wildman–Crippen LogP) is 2.20. The van der Waals surface area contributed by atoms with Crippen LogP contribution in [0.1, 0.15) is 12.5 Å².